The molecule has 0 aromatic heterocycles. The van der Waals surface area contributed by atoms with Crippen LogP contribution in [0.1, 0.15) is 38.2 Å². The molecule has 0 spiro atoms. The summed E-state index contributed by atoms with van der Waals surface area (Å²) in [4.78, 5) is 27.5. The Balaban J connectivity index is 1.73. The largest absolute Gasteiger partial charge is 0.483 e. The summed E-state index contributed by atoms with van der Waals surface area (Å²) in [5.41, 5.74) is 0.842. The summed E-state index contributed by atoms with van der Waals surface area (Å²) in [6, 6.07) is 11.9. The van der Waals surface area contributed by atoms with Gasteiger partial charge in [-0.05, 0) is 71.6 Å². The molecule has 8 heteroatoms. The van der Waals surface area contributed by atoms with Crippen molar-refractivity contribution in [3.63, 3.8) is 0 Å². The first-order chi connectivity index (χ1) is 14.8. The van der Waals surface area contributed by atoms with Gasteiger partial charge in [-0.15, -0.1) is 0 Å². The second-order valence-electron chi connectivity index (χ2n) is 7.68. The number of carbonyl (C=O) groups is 2. The highest BCUT2D eigenvalue weighted by molar-refractivity contribution is 9.10. The Labute approximate surface area is 201 Å². The maximum atomic E-state index is 13.1. The highest BCUT2D eigenvalue weighted by atomic mass is 79.9. The summed E-state index contributed by atoms with van der Waals surface area (Å²) in [6.45, 7) is 1.79. The highest BCUT2D eigenvalue weighted by Gasteiger charge is 2.29. The first kappa shape index (κ1) is 23.9. The summed E-state index contributed by atoms with van der Waals surface area (Å²) in [5.74, 6) is 0.0503. The first-order valence-corrected chi connectivity index (χ1v) is 11.8. The van der Waals surface area contributed by atoms with Crippen LogP contribution in [0.3, 0.4) is 0 Å². The lowest BCUT2D eigenvalue weighted by atomic mass is 10.1. The van der Waals surface area contributed by atoms with Crippen LogP contribution in [0.25, 0.3) is 0 Å². The zero-order valence-electron chi connectivity index (χ0n) is 17.2. The zero-order valence-corrected chi connectivity index (χ0v) is 20.3. The molecule has 1 atom stereocenters. The summed E-state index contributed by atoms with van der Waals surface area (Å²) < 4.78 is 6.36. The van der Waals surface area contributed by atoms with E-state index in [2.05, 4.69) is 21.2 Å². The molecule has 31 heavy (non-hydrogen) atoms. The number of halogens is 3. The predicted molar refractivity (Wildman–Crippen MR) is 127 cm³/mol. The van der Waals surface area contributed by atoms with Crippen LogP contribution in [0, 0.1) is 0 Å². The van der Waals surface area contributed by atoms with Crippen molar-refractivity contribution in [1.82, 2.24) is 10.2 Å². The summed E-state index contributed by atoms with van der Waals surface area (Å²) >= 11 is 15.5. The SMILES string of the molecule is C[C@H](C(=O)NC1CCCC1)N(Cc1cccc(Cl)c1)C(=O)COc1ccc(Cl)cc1Br. The Bertz CT molecular complexity index is 935. The minimum Gasteiger partial charge on any atom is -0.483 e. The minimum atomic E-state index is -0.649. The Morgan fingerprint density at radius 1 is 1.16 bits per heavy atom. The summed E-state index contributed by atoms with van der Waals surface area (Å²) in [7, 11) is 0. The molecule has 0 unspecified atom stereocenters. The fourth-order valence-corrected chi connectivity index (χ4v) is 4.63. The molecule has 0 aliphatic heterocycles. The topological polar surface area (TPSA) is 58.6 Å². The van der Waals surface area contributed by atoms with Gasteiger partial charge >= 0.3 is 0 Å². The molecule has 2 aromatic rings. The fraction of sp³-hybridized carbons (Fsp3) is 0.391. The summed E-state index contributed by atoms with van der Waals surface area (Å²) in [6.07, 6.45) is 4.20. The number of nitrogens with one attached hydrogen (secondary N) is 1. The molecule has 1 aliphatic rings. The maximum absolute atomic E-state index is 13.1. The van der Waals surface area contributed by atoms with E-state index in [-0.39, 0.29) is 31.0 Å². The molecule has 0 bridgehead atoms. The second-order valence-corrected chi connectivity index (χ2v) is 9.41. The molecule has 0 saturated heterocycles. The van der Waals surface area contributed by atoms with Crippen molar-refractivity contribution in [3.8, 4) is 5.75 Å². The number of hydrogen-bond donors (Lipinski definition) is 1. The standard InChI is InChI=1S/C23H25BrCl2N2O3/c1-15(23(30)27-19-7-2-3-8-19)28(13-16-5-4-6-17(25)11-16)22(29)14-31-21-10-9-18(26)12-20(21)24/h4-6,9-12,15,19H,2-3,7-8,13-14H2,1H3,(H,27,30)/t15-/m1/s1. The number of amides is 2. The van der Waals surface area contributed by atoms with Gasteiger partial charge in [0.2, 0.25) is 5.91 Å². The molecule has 1 aliphatic carbocycles. The minimum absolute atomic E-state index is 0.157. The number of benzene rings is 2. The lowest BCUT2D eigenvalue weighted by molar-refractivity contribution is -0.142. The van der Waals surface area contributed by atoms with E-state index in [0.717, 1.165) is 31.2 Å². The molecule has 166 valence electrons. The Morgan fingerprint density at radius 2 is 1.87 bits per heavy atom. The normalized spacial score (nSPS) is 14.8. The van der Waals surface area contributed by atoms with Crippen LogP contribution < -0.4 is 10.1 Å². The third-order valence-corrected chi connectivity index (χ3v) is 6.45. The van der Waals surface area contributed by atoms with E-state index in [9.17, 15) is 9.59 Å². The average molecular weight is 528 g/mol. The van der Waals surface area contributed by atoms with Crippen LogP contribution in [-0.2, 0) is 16.1 Å². The monoisotopic (exact) mass is 526 g/mol. The van der Waals surface area contributed by atoms with Gasteiger partial charge in [0.15, 0.2) is 6.61 Å². The van der Waals surface area contributed by atoms with Crippen molar-refractivity contribution in [2.45, 2.75) is 51.2 Å². The molecule has 1 saturated carbocycles. The lowest BCUT2D eigenvalue weighted by Gasteiger charge is -2.29. The van der Waals surface area contributed by atoms with Crippen molar-refractivity contribution < 1.29 is 14.3 Å². The molecule has 1 fully saturated rings. The third-order valence-electron chi connectivity index (χ3n) is 5.36. The van der Waals surface area contributed by atoms with Crippen molar-refractivity contribution in [3.05, 3.63) is 62.5 Å². The average Bonchev–Trinajstić information content (AvgIpc) is 3.23. The van der Waals surface area contributed by atoms with Crippen molar-refractivity contribution in [1.29, 1.82) is 0 Å². The van der Waals surface area contributed by atoms with Gasteiger partial charge in [-0.1, -0.05) is 48.2 Å². The molecule has 0 radical (unpaired) electrons. The van der Waals surface area contributed by atoms with E-state index >= 15 is 0 Å². The van der Waals surface area contributed by atoms with Gasteiger partial charge in [0.05, 0.1) is 4.47 Å². The molecule has 1 N–H and O–H groups in total. The van der Waals surface area contributed by atoms with Crippen molar-refractivity contribution in [2.24, 2.45) is 0 Å². The number of ether oxygens (including phenoxy) is 1. The van der Waals surface area contributed by atoms with Gasteiger partial charge in [-0.3, -0.25) is 9.59 Å². The van der Waals surface area contributed by atoms with Gasteiger partial charge in [0.25, 0.3) is 5.91 Å². The van der Waals surface area contributed by atoms with Crippen LogP contribution in [0.4, 0.5) is 0 Å². The van der Waals surface area contributed by atoms with Gasteiger partial charge in [-0.2, -0.15) is 0 Å². The number of hydrogen-bond acceptors (Lipinski definition) is 3. The smallest absolute Gasteiger partial charge is 0.261 e. The Kier molecular flexibility index (Phi) is 8.64. The van der Waals surface area contributed by atoms with E-state index in [0.29, 0.717) is 20.3 Å². The first-order valence-electron chi connectivity index (χ1n) is 10.3. The quantitative estimate of drug-likeness (QED) is 0.485. The number of carbonyl (C=O) groups excluding carboxylic acids is 2. The van der Waals surface area contributed by atoms with Crippen LogP contribution in [-0.4, -0.2) is 35.4 Å². The number of rotatable bonds is 8. The van der Waals surface area contributed by atoms with E-state index in [4.69, 9.17) is 27.9 Å². The van der Waals surface area contributed by atoms with Crippen molar-refractivity contribution >= 4 is 50.9 Å². The molecule has 5 nitrogen and oxygen atoms in total. The van der Waals surface area contributed by atoms with E-state index < -0.39 is 6.04 Å². The van der Waals surface area contributed by atoms with Gasteiger partial charge in [0.1, 0.15) is 11.8 Å². The number of nitrogens with zero attached hydrogens (tertiary/aromatic N) is 1. The highest BCUT2D eigenvalue weighted by Crippen LogP contribution is 2.28. The zero-order chi connectivity index (χ0) is 22.4. The summed E-state index contributed by atoms with van der Waals surface area (Å²) in [5, 5.41) is 4.22. The van der Waals surface area contributed by atoms with Gasteiger partial charge in [0, 0.05) is 22.6 Å². The molecule has 0 heterocycles. The third kappa shape index (κ3) is 6.86. The van der Waals surface area contributed by atoms with Gasteiger partial charge < -0.3 is 15.0 Å². The van der Waals surface area contributed by atoms with E-state index in [1.54, 1.807) is 37.3 Å². The Hall–Kier alpha value is -1.76. The van der Waals surface area contributed by atoms with Crippen LogP contribution in [0.15, 0.2) is 46.9 Å². The molecular formula is C23H25BrCl2N2O3. The molecular weight excluding hydrogens is 503 g/mol. The van der Waals surface area contributed by atoms with E-state index in [1.807, 2.05) is 12.1 Å². The van der Waals surface area contributed by atoms with E-state index in [1.165, 1.54) is 4.90 Å². The van der Waals surface area contributed by atoms with Gasteiger partial charge in [-0.25, -0.2) is 0 Å². The lowest BCUT2D eigenvalue weighted by Crippen LogP contribution is -2.50. The van der Waals surface area contributed by atoms with Crippen LogP contribution >= 0.6 is 39.1 Å². The molecule has 2 aromatic carbocycles. The fourth-order valence-electron chi connectivity index (χ4n) is 3.62. The van der Waals surface area contributed by atoms with Crippen molar-refractivity contribution in [2.75, 3.05) is 6.61 Å². The van der Waals surface area contributed by atoms with Crippen LogP contribution in [0.2, 0.25) is 10.0 Å². The molecule has 2 amide bonds. The predicted octanol–water partition coefficient (Wildman–Crippen LogP) is 5.61. The van der Waals surface area contributed by atoms with Crippen LogP contribution in [0.5, 0.6) is 5.75 Å². The second kappa shape index (κ2) is 11.2. The molecule has 3 rings (SSSR count). The maximum Gasteiger partial charge on any atom is 0.261 e. The Morgan fingerprint density at radius 3 is 2.55 bits per heavy atom.